The molecule has 0 unspecified atom stereocenters. The van der Waals surface area contributed by atoms with Crippen LogP contribution in [-0.4, -0.2) is 42.7 Å². The molecule has 2 heterocycles. The Bertz CT molecular complexity index is 1130. The van der Waals surface area contributed by atoms with Gasteiger partial charge >= 0.3 is 5.97 Å². The number of carbonyl (C=O) groups is 2. The molecule has 1 amide bonds. The van der Waals surface area contributed by atoms with Crippen molar-refractivity contribution in [1.82, 2.24) is 9.97 Å². The average Bonchev–Trinajstić information content (AvgIpc) is 3.22. The third-order valence-corrected chi connectivity index (χ3v) is 5.12. The normalized spacial score (nSPS) is 14.4. The number of hydrogen-bond donors (Lipinski definition) is 2. The van der Waals surface area contributed by atoms with Gasteiger partial charge in [0.05, 0.1) is 36.2 Å². The Balaban J connectivity index is 1.70. The van der Waals surface area contributed by atoms with Gasteiger partial charge in [0.15, 0.2) is 6.61 Å². The number of esters is 1. The van der Waals surface area contributed by atoms with Crippen molar-refractivity contribution >= 4 is 28.6 Å². The molecular weight excluding hydrogens is 374 g/mol. The predicted octanol–water partition coefficient (Wildman–Crippen LogP) is 3.02. The number of ether oxygens (including phenoxy) is 3. The van der Waals surface area contributed by atoms with Crippen LogP contribution in [0, 0.1) is 0 Å². The van der Waals surface area contributed by atoms with Crippen LogP contribution >= 0.6 is 0 Å². The van der Waals surface area contributed by atoms with E-state index >= 15 is 0 Å². The van der Waals surface area contributed by atoms with Crippen molar-refractivity contribution in [3.63, 3.8) is 0 Å². The van der Waals surface area contributed by atoms with Gasteiger partial charge in [-0.05, 0) is 43.7 Å². The van der Waals surface area contributed by atoms with Gasteiger partial charge in [-0.1, -0.05) is 0 Å². The molecule has 2 N–H and O–H groups in total. The van der Waals surface area contributed by atoms with Gasteiger partial charge in [0, 0.05) is 11.8 Å². The number of anilines is 1. The predicted molar refractivity (Wildman–Crippen MR) is 107 cm³/mol. The Labute approximate surface area is 167 Å². The molecule has 0 radical (unpaired) electrons. The topological polar surface area (TPSA) is 103 Å². The number of rotatable bonds is 5. The van der Waals surface area contributed by atoms with E-state index in [4.69, 9.17) is 9.47 Å². The second-order valence-corrected chi connectivity index (χ2v) is 7.31. The maximum atomic E-state index is 12.2. The molecule has 3 aromatic rings. The number of hydrogen-bond acceptors (Lipinski definition) is 6. The highest BCUT2D eigenvalue weighted by Crippen LogP contribution is 2.40. The number of H-pyrrole nitrogens is 1. The van der Waals surface area contributed by atoms with Crippen molar-refractivity contribution in [2.75, 3.05) is 26.1 Å². The standard InChI is InChI=1S/C21H21N3O5/c1-21(2)13-8-15-16(9-14(13)24-20(21)26)23-19(22-15)12-6-5-11(7-17(12)27-3)29-10-18(25)28-4/h5-9H,10H2,1-4H3,(H,22,23)(H,24,26). The molecule has 8 nitrogen and oxygen atoms in total. The van der Waals surface area contributed by atoms with E-state index in [0.29, 0.717) is 17.3 Å². The number of amides is 1. The molecule has 2 aromatic carbocycles. The third kappa shape index (κ3) is 3.16. The first-order valence-corrected chi connectivity index (χ1v) is 9.07. The summed E-state index contributed by atoms with van der Waals surface area (Å²) in [5, 5.41) is 2.91. The average molecular weight is 395 g/mol. The lowest BCUT2D eigenvalue weighted by molar-refractivity contribution is -0.142. The summed E-state index contributed by atoms with van der Waals surface area (Å²) in [5.41, 5.74) is 3.44. The van der Waals surface area contributed by atoms with E-state index < -0.39 is 11.4 Å². The summed E-state index contributed by atoms with van der Waals surface area (Å²) in [7, 11) is 2.86. The number of nitrogens with zero attached hydrogens (tertiary/aromatic N) is 1. The summed E-state index contributed by atoms with van der Waals surface area (Å²) in [6.45, 7) is 3.61. The fraction of sp³-hybridized carbons (Fsp3) is 0.286. The molecule has 0 atom stereocenters. The van der Waals surface area contributed by atoms with Crippen LogP contribution in [0.2, 0.25) is 0 Å². The minimum atomic E-state index is -0.592. The number of aromatic nitrogens is 2. The number of carbonyl (C=O) groups excluding carboxylic acids is 2. The molecule has 0 aliphatic carbocycles. The summed E-state index contributed by atoms with van der Waals surface area (Å²) in [4.78, 5) is 31.4. The minimum Gasteiger partial charge on any atom is -0.496 e. The van der Waals surface area contributed by atoms with Gasteiger partial charge in [-0.2, -0.15) is 0 Å². The molecule has 150 valence electrons. The highest BCUT2D eigenvalue weighted by atomic mass is 16.6. The van der Waals surface area contributed by atoms with Gasteiger partial charge in [0.2, 0.25) is 5.91 Å². The molecule has 1 aliphatic rings. The van der Waals surface area contributed by atoms with Gasteiger partial charge in [0.1, 0.15) is 17.3 Å². The van der Waals surface area contributed by atoms with Crippen LogP contribution in [-0.2, 0) is 19.7 Å². The highest BCUT2D eigenvalue weighted by molar-refractivity contribution is 6.07. The molecule has 0 saturated carbocycles. The lowest BCUT2D eigenvalue weighted by Crippen LogP contribution is -2.26. The van der Waals surface area contributed by atoms with Crippen molar-refractivity contribution in [2.45, 2.75) is 19.3 Å². The number of imidazole rings is 1. The summed E-state index contributed by atoms with van der Waals surface area (Å²) >= 11 is 0. The Morgan fingerprint density at radius 3 is 2.69 bits per heavy atom. The van der Waals surface area contributed by atoms with Crippen molar-refractivity contribution in [1.29, 1.82) is 0 Å². The number of nitrogens with one attached hydrogen (secondary N) is 2. The molecule has 1 aliphatic heterocycles. The summed E-state index contributed by atoms with van der Waals surface area (Å²) < 4.78 is 15.5. The maximum absolute atomic E-state index is 12.2. The van der Waals surface area contributed by atoms with Crippen LogP contribution < -0.4 is 14.8 Å². The second kappa shape index (κ2) is 6.80. The van der Waals surface area contributed by atoms with E-state index in [2.05, 4.69) is 20.0 Å². The summed E-state index contributed by atoms with van der Waals surface area (Å²) in [6.07, 6.45) is 0. The van der Waals surface area contributed by atoms with Crippen LogP contribution in [0.3, 0.4) is 0 Å². The molecule has 4 rings (SSSR count). The van der Waals surface area contributed by atoms with E-state index in [9.17, 15) is 9.59 Å². The van der Waals surface area contributed by atoms with E-state index in [0.717, 1.165) is 27.8 Å². The van der Waals surface area contributed by atoms with E-state index in [1.54, 1.807) is 19.2 Å². The van der Waals surface area contributed by atoms with Crippen molar-refractivity contribution < 1.29 is 23.8 Å². The quantitative estimate of drug-likeness (QED) is 0.644. The first-order chi connectivity index (χ1) is 13.8. The first kappa shape index (κ1) is 18.8. The Morgan fingerprint density at radius 2 is 1.97 bits per heavy atom. The molecule has 29 heavy (non-hydrogen) atoms. The van der Waals surface area contributed by atoms with Crippen LogP contribution in [0.4, 0.5) is 5.69 Å². The van der Waals surface area contributed by atoms with Crippen LogP contribution in [0.1, 0.15) is 19.4 Å². The smallest absolute Gasteiger partial charge is 0.343 e. The van der Waals surface area contributed by atoms with Gasteiger partial charge < -0.3 is 24.5 Å². The monoisotopic (exact) mass is 395 g/mol. The third-order valence-electron chi connectivity index (χ3n) is 5.12. The minimum absolute atomic E-state index is 0.0235. The van der Waals surface area contributed by atoms with E-state index in [1.807, 2.05) is 32.0 Å². The number of aromatic amines is 1. The van der Waals surface area contributed by atoms with Gasteiger partial charge in [-0.3, -0.25) is 4.79 Å². The summed E-state index contributed by atoms with van der Waals surface area (Å²) in [5.74, 6) is 1.17. The maximum Gasteiger partial charge on any atom is 0.343 e. The van der Waals surface area contributed by atoms with E-state index in [1.165, 1.54) is 7.11 Å². The van der Waals surface area contributed by atoms with Crippen molar-refractivity contribution in [2.24, 2.45) is 0 Å². The zero-order valence-corrected chi connectivity index (χ0v) is 16.6. The van der Waals surface area contributed by atoms with Crippen LogP contribution in [0.15, 0.2) is 30.3 Å². The molecule has 0 fully saturated rings. The van der Waals surface area contributed by atoms with Gasteiger partial charge in [-0.25, -0.2) is 9.78 Å². The lowest BCUT2D eigenvalue weighted by Gasteiger charge is -2.14. The molecule has 0 bridgehead atoms. The van der Waals surface area contributed by atoms with Gasteiger partial charge in [-0.15, -0.1) is 0 Å². The summed E-state index contributed by atoms with van der Waals surface area (Å²) in [6, 6.07) is 9.06. The zero-order chi connectivity index (χ0) is 20.8. The van der Waals surface area contributed by atoms with Crippen LogP contribution in [0.5, 0.6) is 11.5 Å². The van der Waals surface area contributed by atoms with Crippen molar-refractivity contribution in [3.8, 4) is 22.9 Å². The number of benzene rings is 2. The molecule has 0 spiro atoms. The molecule has 8 heteroatoms. The highest BCUT2D eigenvalue weighted by Gasteiger charge is 2.38. The van der Waals surface area contributed by atoms with E-state index in [-0.39, 0.29) is 12.5 Å². The Hall–Kier alpha value is -3.55. The molecule has 1 aromatic heterocycles. The van der Waals surface area contributed by atoms with Crippen LogP contribution in [0.25, 0.3) is 22.4 Å². The lowest BCUT2D eigenvalue weighted by atomic mass is 9.86. The number of methoxy groups -OCH3 is 2. The SMILES string of the molecule is COC(=O)COc1ccc(-c2nc3cc4c(cc3[nH]2)C(C)(C)C(=O)N4)c(OC)c1. The Morgan fingerprint density at radius 1 is 1.17 bits per heavy atom. The first-order valence-electron chi connectivity index (χ1n) is 9.07. The van der Waals surface area contributed by atoms with Gasteiger partial charge in [0.25, 0.3) is 0 Å². The second-order valence-electron chi connectivity index (χ2n) is 7.31. The molecular formula is C21H21N3O5. The molecule has 0 saturated heterocycles. The largest absolute Gasteiger partial charge is 0.496 e. The Kier molecular flexibility index (Phi) is 4.41. The fourth-order valence-corrected chi connectivity index (χ4v) is 3.36. The zero-order valence-electron chi connectivity index (χ0n) is 16.6. The van der Waals surface area contributed by atoms with Crippen molar-refractivity contribution in [3.05, 3.63) is 35.9 Å². The fourth-order valence-electron chi connectivity index (χ4n) is 3.36. The number of fused-ring (bicyclic) bond motifs is 2.